The second kappa shape index (κ2) is 3.04. The maximum Gasteiger partial charge on any atom is 0.135 e. The first-order valence-corrected chi connectivity index (χ1v) is 4.73. The predicted molar refractivity (Wildman–Crippen MR) is 46.1 cm³/mol. The first kappa shape index (κ1) is 9.12. The Morgan fingerprint density at radius 2 is 2.23 bits per heavy atom. The highest BCUT2D eigenvalue weighted by molar-refractivity contribution is 5.81. The minimum Gasteiger partial charge on any atom is -0.392 e. The number of nitrogens with one attached hydrogen (secondary N) is 1. The van der Waals surface area contributed by atoms with Crippen molar-refractivity contribution in [3.8, 4) is 0 Å². The number of rotatable bonds is 1. The van der Waals surface area contributed by atoms with Crippen molar-refractivity contribution in [3.63, 3.8) is 0 Å². The van der Waals surface area contributed by atoms with Gasteiger partial charge in [-0.15, -0.1) is 0 Å². The SMILES string of the molecule is CC(O)C1NC2CC(=O)CC1C2O. The summed E-state index contributed by atoms with van der Waals surface area (Å²) in [5.74, 6) is 0.0993. The summed E-state index contributed by atoms with van der Waals surface area (Å²) in [6.07, 6.45) is -0.158. The van der Waals surface area contributed by atoms with Crippen LogP contribution in [0.3, 0.4) is 0 Å². The molecule has 4 nitrogen and oxygen atoms in total. The maximum atomic E-state index is 11.2. The Kier molecular flexibility index (Phi) is 2.14. The molecule has 3 N–H and O–H groups in total. The number of fused-ring (bicyclic) bond motifs is 2. The lowest BCUT2D eigenvalue weighted by atomic mass is 9.82. The van der Waals surface area contributed by atoms with Crippen molar-refractivity contribution in [2.45, 2.75) is 44.1 Å². The number of Topliss-reactive ketones (excluding diaryl/α,β-unsaturated/α-hetero) is 1. The molecule has 74 valence electrons. The van der Waals surface area contributed by atoms with Crippen LogP contribution in [0.4, 0.5) is 0 Å². The van der Waals surface area contributed by atoms with E-state index < -0.39 is 12.2 Å². The molecule has 13 heavy (non-hydrogen) atoms. The quantitative estimate of drug-likeness (QED) is 0.492. The summed E-state index contributed by atoms with van der Waals surface area (Å²) < 4.78 is 0. The second-order valence-corrected chi connectivity index (χ2v) is 4.14. The monoisotopic (exact) mass is 185 g/mol. The zero-order valence-corrected chi connectivity index (χ0v) is 7.60. The van der Waals surface area contributed by atoms with E-state index in [1.165, 1.54) is 0 Å². The van der Waals surface area contributed by atoms with Crippen LogP contribution in [0.1, 0.15) is 19.8 Å². The zero-order chi connectivity index (χ0) is 9.59. The van der Waals surface area contributed by atoms with Crippen LogP contribution in [-0.4, -0.2) is 40.3 Å². The van der Waals surface area contributed by atoms with Crippen molar-refractivity contribution in [1.29, 1.82) is 0 Å². The van der Waals surface area contributed by atoms with Crippen molar-refractivity contribution in [1.82, 2.24) is 5.32 Å². The molecule has 0 spiro atoms. The van der Waals surface area contributed by atoms with Crippen LogP contribution < -0.4 is 5.32 Å². The van der Waals surface area contributed by atoms with Gasteiger partial charge >= 0.3 is 0 Å². The summed E-state index contributed by atoms with van der Waals surface area (Å²) in [6, 6.07) is -0.253. The van der Waals surface area contributed by atoms with E-state index in [2.05, 4.69) is 5.32 Å². The Bertz CT molecular complexity index is 229. The fourth-order valence-corrected chi connectivity index (χ4v) is 2.50. The van der Waals surface area contributed by atoms with Gasteiger partial charge in [-0.2, -0.15) is 0 Å². The van der Waals surface area contributed by atoms with Gasteiger partial charge in [0.15, 0.2) is 0 Å². The van der Waals surface area contributed by atoms with Gasteiger partial charge in [-0.05, 0) is 6.92 Å². The fourth-order valence-electron chi connectivity index (χ4n) is 2.50. The number of hydrogen-bond acceptors (Lipinski definition) is 4. The number of aliphatic hydroxyl groups excluding tert-OH is 2. The molecule has 2 bridgehead atoms. The predicted octanol–water partition coefficient (Wildman–Crippen LogP) is -0.952. The Labute approximate surface area is 76.9 Å². The molecule has 1 aliphatic heterocycles. The highest BCUT2D eigenvalue weighted by Crippen LogP contribution is 2.33. The largest absolute Gasteiger partial charge is 0.392 e. The average molecular weight is 185 g/mol. The lowest BCUT2D eigenvalue weighted by molar-refractivity contribution is -0.123. The van der Waals surface area contributed by atoms with Crippen molar-refractivity contribution in [2.75, 3.05) is 0 Å². The third kappa shape index (κ3) is 1.39. The first-order valence-electron chi connectivity index (χ1n) is 4.73. The first-order chi connectivity index (χ1) is 6.09. The average Bonchev–Trinajstić information content (AvgIpc) is 2.29. The number of carbonyl (C=O) groups is 1. The Morgan fingerprint density at radius 3 is 2.85 bits per heavy atom. The molecule has 1 heterocycles. The van der Waals surface area contributed by atoms with Crippen molar-refractivity contribution in [2.24, 2.45) is 5.92 Å². The molecule has 1 saturated carbocycles. The summed E-state index contributed by atoms with van der Waals surface area (Å²) in [4.78, 5) is 11.2. The third-order valence-corrected chi connectivity index (χ3v) is 3.15. The van der Waals surface area contributed by atoms with Crippen LogP contribution >= 0.6 is 0 Å². The Balaban J connectivity index is 2.17. The van der Waals surface area contributed by atoms with Gasteiger partial charge in [-0.25, -0.2) is 0 Å². The molecule has 4 heteroatoms. The number of hydrogen-bond donors (Lipinski definition) is 3. The van der Waals surface area contributed by atoms with E-state index in [4.69, 9.17) is 0 Å². The molecule has 2 rings (SSSR count). The fraction of sp³-hybridized carbons (Fsp3) is 0.889. The second-order valence-electron chi connectivity index (χ2n) is 4.14. The minimum atomic E-state index is -0.504. The molecule has 0 radical (unpaired) electrons. The van der Waals surface area contributed by atoms with E-state index in [0.717, 1.165) is 0 Å². The van der Waals surface area contributed by atoms with Crippen LogP contribution in [-0.2, 0) is 4.79 Å². The zero-order valence-electron chi connectivity index (χ0n) is 7.60. The summed E-state index contributed by atoms with van der Waals surface area (Å²) in [7, 11) is 0. The van der Waals surface area contributed by atoms with Crippen molar-refractivity contribution in [3.05, 3.63) is 0 Å². The standard InChI is InChI=1S/C9H15NO3/c1-4(11)8-6-2-5(12)3-7(10-8)9(6)13/h4,6-11,13H,2-3H2,1H3. The Hall–Kier alpha value is -0.450. The van der Waals surface area contributed by atoms with Gasteiger partial charge < -0.3 is 15.5 Å². The van der Waals surface area contributed by atoms with Gasteiger partial charge in [0.2, 0.25) is 0 Å². The van der Waals surface area contributed by atoms with Crippen LogP contribution in [0, 0.1) is 5.92 Å². The summed E-state index contributed by atoms with van der Waals surface area (Å²) >= 11 is 0. The van der Waals surface area contributed by atoms with Crippen molar-refractivity contribution < 1.29 is 15.0 Å². The van der Waals surface area contributed by atoms with Crippen molar-refractivity contribution >= 4 is 5.78 Å². The molecule has 1 aliphatic carbocycles. The lowest BCUT2D eigenvalue weighted by Crippen LogP contribution is -2.38. The van der Waals surface area contributed by atoms with Crippen LogP contribution in [0.15, 0.2) is 0 Å². The number of carbonyl (C=O) groups excluding carboxylic acids is 1. The van der Waals surface area contributed by atoms with Gasteiger partial charge in [0.25, 0.3) is 0 Å². The van der Waals surface area contributed by atoms with E-state index in [-0.39, 0.29) is 23.8 Å². The van der Waals surface area contributed by atoms with Gasteiger partial charge in [0.1, 0.15) is 5.78 Å². The highest BCUT2D eigenvalue weighted by Gasteiger charge is 2.48. The molecule has 2 fully saturated rings. The number of ketones is 1. The normalized spacial score (nSPS) is 46.5. The molecule has 0 amide bonds. The van der Waals surface area contributed by atoms with Gasteiger partial charge in [-0.1, -0.05) is 0 Å². The van der Waals surface area contributed by atoms with Crippen LogP contribution in [0.2, 0.25) is 0 Å². The van der Waals surface area contributed by atoms with Gasteiger partial charge in [0.05, 0.1) is 12.2 Å². The van der Waals surface area contributed by atoms with E-state index in [1.54, 1.807) is 6.92 Å². The molecule has 2 aliphatic rings. The third-order valence-electron chi connectivity index (χ3n) is 3.15. The topological polar surface area (TPSA) is 69.6 Å². The maximum absolute atomic E-state index is 11.2. The number of aliphatic hydroxyl groups is 2. The summed E-state index contributed by atoms with van der Waals surface area (Å²) in [5.41, 5.74) is 0. The lowest BCUT2D eigenvalue weighted by Gasteiger charge is -2.25. The molecular weight excluding hydrogens is 170 g/mol. The van der Waals surface area contributed by atoms with Crippen LogP contribution in [0.25, 0.3) is 0 Å². The summed E-state index contributed by atoms with van der Waals surface area (Å²) in [5, 5.41) is 22.2. The van der Waals surface area contributed by atoms with E-state index in [1.807, 2.05) is 0 Å². The molecule has 1 saturated heterocycles. The molecule has 0 aromatic rings. The minimum absolute atomic E-state index is 0.0914. The molecular formula is C9H15NO3. The van der Waals surface area contributed by atoms with E-state index >= 15 is 0 Å². The van der Waals surface area contributed by atoms with Gasteiger partial charge in [-0.3, -0.25) is 4.79 Å². The summed E-state index contributed by atoms with van der Waals surface area (Å²) in [6.45, 7) is 1.69. The highest BCUT2D eigenvalue weighted by atomic mass is 16.3. The van der Waals surface area contributed by atoms with Crippen LogP contribution in [0.5, 0.6) is 0 Å². The molecule has 5 unspecified atom stereocenters. The molecule has 0 aromatic carbocycles. The van der Waals surface area contributed by atoms with E-state index in [0.29, 0.717) is 12.8 Å². The van der Waals surface area contributed by atoms with E-state index in [9.17, 15) is 15.0 Å². The van der Waals surface area contributed by atoms with Gasteiger partial charge in [0, 0.05) is 30.8 Å². The Morgan fingerprint density at radius 1 is 1.54 bits per heavy atom. The smallest absolute Gasteiger partial charge is 0.135 e. The molecule has 0 aromatic heterocycles. The molecule has 5 atom stereocenters.